The molecule has 2 aromatic rings. The van der Waals surface area contributed by atoms with Gasteiger partial charge in [-0.15, -0.1) is 10.2 Å². The molecule has 1 atom stereocenters. The highest BCUT2D eigenvalue weighted by Crippen LogP contribution is 2.34. The van der Waals surface area contributed by atoms with E-state index in [-0.39, 0.29) is 18.2 Å². The van der Waals surface area contributed by atoms with Crippen LogP contribution in [0, 0.1) is 18.3 Å². The number of aliphatic carboxylic acids is 1. The number of phenols is 1. The number of aromatic hydroxyl groups is 1. The maximum absolute atomic E-state index is 10.8. The number of hydrogen-bond donors (Lipinski definition) is 3. The molecular formula is C24H31N5O3. The number of nitrogens with zero attached hydrogens (tertiary/aromatic N) is 4. The van der Waals surface area contributed by atoms with Crippen molar-refractivity contribution in [3.05, 3.63) is 34.9 Å². The number of benzene rings is 1. The van der Waals surface area contributed by atoms with E-state index in [1.165, 1.54) is 0 Å². The predicted molar refractivity (Wildman–Crippen MR) is 123 cm³/mol. The zero-order valence-corrected chi connectivity index (χ0v) is 18.9. The van der Waals surface area contributed by atoms with Gasteiger partial charge in [0.25, 0.3) is 0 Å². The average molecular weight is 438 g/mol. The zero-order chi connectivity index (χ0) is 23.3. The number of carbonyl (C=O) groups is 1. The fraction of sp³-hybridized carbons (Fsp3) is 0.500. The maximum atomic E-state index is 10.8. The van der Waals surface area contributed by atoms with Gasteiger partial charge in [0, 0.05) is 24.6 Å². The number of aromatic nitrogens is 2. The lowest BCUT2D eigenvalue weighted by atomic mass is 9.97. The summed E-state index contributed by atoms with van der Waals surface area (Å²) in [6.45, 7) is 8.40. The lowest BCUT2D eigenvalue weighted by Gasteiger charge is -2.33. The van der Waals surface area contributed by atoms with Crippen LogP contribution in [0.15, 0.2) is 18.2 Å². The molecule has 170 valence electrons. The van der Waals surface area contributed by atoms with Crippen LogP contribution in [0.4, 0.5) is 5.82 Å². The Morgan fingerprint density at radius 3 is 2.81 bits per heavy atom. The van der Waals surface area contributed by atoms with E-state index in [9.17, 15) is 15.2 Å². The molecule has 3 N–H and O–H groups in total. The third kappa shape index (κ3) is 5.54. The van der Waals surface area contributed by atoms with Gasteiger partial charge in [0.05, 0.1) is 0 Å². The van der Waals surface area contributed by atoms with Gasteiger partial charge < -0.3 is 20.4 Å². The fourth-order valence-corrected chi connectivity index (χ4v) is 4.15. The second-order valence-electron chi connectivity index (χ2n) is 8.72. The van der Waals surface area contributed by atoms with Crippen LogP contribution < -0.4 is 5.32 Å². The molecule has 0 aliphatic carbocycles. The lowest BCUT2D eigenvalue weighted by Crippen LogP contribution is -2.42. The van der Waals surface area contributed by atoms with Gasteiger partial charge in [-0.2, -0.15) is 5.26 Å². The molecular weight excluding hydrogens is 406 g/mol. The van der Waals surface area contributed by atoms with Crippen molar-refractivity contribution in [2.45, 2.75) is 58.4 Å². The molecule has 0 amide bonds. The molecule has 1 aromatic heterocycles. The van der Waals surface area contributed by atoms with Crippen molar-refractivity contribution >= 4 is 11.8 Å². The number of hydrogen-bond acceptors (Lipinski definition) is 7. The zero-order valence-electron chi connectivity index (χ0n) is 18.9. The van der Waals surface area contributed by atoms with E-state index >= 15 is 0 Å². The molecule has 1 aromatic carbocycles. The van der Waals surface area contributed by atoms with Gasteiger partial charge in [-0.3, -0.25) is 4.79 Å². The molecule has 1 aliphatic heterocycles. The number of rotatable bonds is 8. The molecule has 2 heterocycles. The van der Waals surface area contributed by atoms with Crippen molar-refractivity contribution in [2.75, 3.05) is 25.0 Å². The van der Waals surface area contributed by atoms with E-state index in [2.05, 4.69) is 40.3 Å². The molecule has 0 saturated carbocycles. The fourth-order valence-electron chi connectivity index (χ4n) is 4.15. The van der Waals surface area contributed by atoms with Crippen molar-refractivity contribution in [3.63, 3.8) is 0 Å². The van der Waals surface area contributed by atoms with Crippen LogP contribution in [0.3, 0.4) is 0 Å². The van der Waals surface area contributed by atoms with Crippen molar-refractivity contribution < 1.29 is 15.0 Å². The molecule has 1 aliphatic rings. The van der Waals surface area contributed by atoms with E-state index in [0.29, 0.717) is 40.5 Å². The minimum absolute atomic E-state index is 0.110. The summed E-state index contributed by atoms with van der Waals surface area (Å²) in [4.78, 5) is 13.0. The van der Waals surface area contributed by atoms with Crippen LogP contribution in [-0.2, 0) is 4.79 Å². The van der Waals surface area contributed by atoms with Gasteiger partial charge in [-0.1, -0.05) is 19.9 Å². The van der Waals surface area contributed by atoms with Gasteiger partial charge in [0.15, 0.2) is 5.82 Å². The molecule has 0 bridgehead atoms. The second kappa shape index (κ2) is 10.4. The highest BCUT2D eigenvalue weighted by Gasteiger charge is 2.23. The third-order valence-corrected chi connectivity index (χ3v) is 5.98. The van der Waals surface area contributed by atoms with Crippen LogP contribution in [-0.4, -0.2) is 57.0 Å². The van der Waals surface area contributed by atoms with Gasteiger partial charge in [0.1, 0.15) is 23.1 Å². The Morgan fingerprint density at radius 1 is 1.38 bits per heavy atom. The van der Waals surface area contributed by atoms with Crippen LogP contribution in [0.1, 0.15) is 62.1 Å². The molecule has 8 heteroatoms. The lowest BCUT2D eigenvalue weighted by molar-refractivity contribution is -0.137. The summed E-state index contributed by atoms with van der Waals surface area (Å²) in [5.41, 5.74) is 3.18. The monoisotopic (exact) mass is 437 g/mol. The van der Waals surface area contributed by atoms with Crippen LogP contribution in [0.25, 0.3) is 11.3 Å². The molecule has 3 rings (SSSR count). The molecule has 0 radical (unpaired) electrons. The number of carboxylic acid groups (broad SMARTS) is 1. The number of phenolic OH excluding ortho intramolecular Hbond substituents is 1. The molecule has 0 spiro atoms. The summed E-state index contributed by atoms with van der Waals surface area (Å²) < 4.78 is 0. The molecule has 0 unspecified atom stereocenters. The Kier molecular flexibility index (Phi) is 7.65. The van der Waals surface area contributed by atoms with E-state index in [0.717, 1.165) is 38.0 Å². The highest BCUT2D eigenvalue weighted by atomic mass is 16.4. The van der Waals surface area contributed by atoms with Gasteiger partial charge in [-0.25, -0.2) is 0 Å². The average Bonchev–Trinajstić information content (AvgIpc) is 2.74. The minimum atomic E-state index is -0.772. The van der Waals surface area contributed by atoms with Gasteiger partial charge >= 0.3 is 5.97 Å². The van der Waals surface area contributed by atoms with E-state index < -0.39 is 5.97 Å². The first kappa shape index (κ1) is 23.5. The number of likely N-dealkylation sites (tertiary alicyclic amines) is 1. The van der Waals surface area contributed by atoms with Crippen molar-refractivity contribution in [2.24, 2.45) is 0 Å². The summed E-state index contributed by atoms with van der Waals surface area (Å²) in [6, 6.07) is 7.88. The molecule has 1 saturated heterocycles. The number of piperidine rings is 1. The Morgan fingerprint density at radius 2 is 2.16 bits per heavy atom. The molecule has 32 heavy (non-hydrogen) atoms. The predicted octanol–water partition coefficient (Wildman–Crippen LogP) is 3.89. The number of nitriles is 1. The first-order valence-electron chi connectivity index (χ1n) is 11.1. The van der Waals surface area contributed by atoms with Gasteiger partial charge in [0.2, 0.25) is 0 Å². The first-order chi connectivity index (χ1) is 15.3. The Balaban J connectivity index is 1.77. The second-order valence-corrected chi connectivity index (χ2v) is 8.72. The Hall–Kier alpha value is -3.18. The van der Waals surface area contributed by atoms with Crippen molar-refractivity contribution in [3.8, 4) is 23.1 Å². The molecule has 8 nitrogen and oxygen atoms in total. The van der Waals surface area contributed by atoms with E-state index in [1.54, 1.807) is 6.07 Å². The van der Waals surface area contributed by atoms with Crippen LogP contribution in [0.5, 0.6) is 5.75 Å². The number of anilines is 1. The largest absolute Gasteiger partial charge is 0.507 e. The maximum Gasteiger partial charge on any atom is 0.303 e. The van der Waals surface area contributed by atoms with Crippen LogP contribution in [0.2, 0.25) is 0 Å². The van der Waals surface area contributed by atoms with Gasteiger partial charge in [-0.05, 0) is 68.5 Å². The topological polar surface area (TPSA) is 122 Å². The molecule has 1 fully saturated rings. The normalized spacial score (nSPS) is 16.7. The first-order valence-corrected chi connectivity index (χ1v) is 11.1. The Labute approximate surface area is 188 Å². The van der Waals surface area contributed by atoms with E-state index in [1.807, 2.05) is 19.1 Å². The van der Waals surface area contributed by atoms with Crippen molar-refractivity contribution in [1.82, 2.24) is 15.1 Å². The summed E-state index contributed by atoms with van der Waals surface area (Å²) in [6.07, 6.45) is 2.73. The summed E-state index contributed by atoms with van der Waals surface area (Å²) >= 11 is 0. The van der Waals surface area contributed by atoms with Crippen molar-refractivity contribution in [1.29, 1.82) is 5.26 Å². The van der Waals surface area contributed by atoms with Crippen LogP contribution >= 0.6 is 0 Å². The smallest absolute Gasteiger partial charge is 0.303 e. The quantitative estimate of drug-likeness (QED) is 0.568. The SMILES string of the molecule is Cc1c(-c2ccc(C(C)C)cc2O)nnc(N[C@@H]2CCCN(CCCC(=O)O)C2)c1C#N. The summed E-state index contributed by atoms with van der Waals surface area (Å²) in [5, 5.41) is 41.2. The standard InChI is InChI=1S/C24H31N5O3/c1-15(2)17-8-9-19(21(30)12-17)23-16(3)20(13-25)24(28-27-23)26-18-6-4-10-29(14-18)11-5-7-22(31)32/h8-9,12,15,18,30H,4-7,10-11,14H2,1-3H3,(H,26,28)(H,31,32)/t18-/m1/s1. The number of nitrogens with one attached hydrogen (secondary N) is 1. The Bertz CT molecular complexity index is 1020. The summed E-state index contributed by atoms with van der Waals surface area (Å²) in [7, 11) is 0. The highest BCUT2D eigenvalue weighted by molar-refractivity contribution is 5.74. The van der Waals surface area contributed by atoms with E-state index in [4.69, 9.17) is 5.11 Å². The minimum Gasteiger partial charge on any atom is -0.507 e. The number of carboxylic acids is 1. The third-order valence-electron chi connectivity index (χ3n) is 5.98. The summed E-state index contributed by atoms with van der Waals surface area (Å²) in [5.74, 6) is 0.0977.